The minimum absolute atomic E-state index is 0.206. The van der Waals surface area contributed by atoms with Crippen LogP contribution in [0.4, 0.5) is 5.82 Å². The van der Waals surface area contributed by atoms with Crippen molar-refractivity contribution in [1.82, 2.24) is 15.3 Å². The monoisotopic (exact) mass is 340 g/mol. The standard InChI is InChI=1S/C14H17ClN4O2S/c1-8-9-11(19-6-3-4-16-5-7-19)17-14(15)18-12(9)22-10(8)13(20)21-2/h16H,3-7H2,1-2H3. The van der Waals surface area contributed by atoms with Crippen LogP contribution in [0.1, 0.15) is 21.7 Å². The van der Waals surface area contributed by atoms with Crippen molar-refractivity contribution < 1.29 is 9.53 Å². The second-order valence-corrected chi connectivity index (χ2v) is 6.47. The molecule has 0 radical (unpaired) electrons. The first-order chi connectivity index (χ1) is 10.6. The van der Waals surface area contributed by atoms with Gasteiger partial charge in [-0.3, -0.25) is 0 Å². The summed E-state index contributed by atoms with van der Waals surface area (Å²) in [6.45, 7) is 5.55. The van der Waals surface area contributed by atoms with Crippen molar-refractivity contribution in [1.29, 1.82) is 0 Å². The van der Waals surface area contributed by atoms with E-state index in [0.29, 0.717) is 4.88 Å². The van der Waals surface area contributed by atoms with Gasteiger partial charge in [-0.1, -0.05) is 0 Å². The smallest absolute Gasteiger partial charge is 0.348 e. The first-order valence-corrected chi connectivity index (χ1v) is 8.32. The molecule has 0 atom stereocenters. The van der Waals surface area contributed by atoms with E-state index in [1.54, 1.807) is 0 Å². The van der Waals surface area contributed by atoms with E-state index in [4.69, 9.17) is 16.3 Å². The minimum atomic E-state index is -0.347. The molecule has 8 heteroatoms. The number of carbonyl (C=O) groups is 1. The molecule has 6 nitrogen and oxygen atoms in total. The Bertz CT molecular complexity index is 710. The summed E-state index contributed by atoms with van der Waals surface area (Å²) in [5, 5.41) is 4.47. The lowest BCUT2D eigenvalue weighted by atomic mass is 10.2. The Morgan fingerprint density at radius 3 is 2.95 bits per heavy atom. The molecule has 118 valence electrons. The number of halogens is 1. The van der Waals surface area contributed by atoms with Gasteiger partial charge >= 0.3 is 5.97 Å². The highest BCUT2D eigenvalue weighted by molar-refractivity contribution is 7.20. The number of thiophene rings is 1. The lowest BCUT2D eigenvalue weighted by molar-refractivity contribution is 0.0605. The van der Waals surface area contributed by atoms with Crippen LogP contribution in [0.2, 0.25) is 5.28 Å². The van der Waals surface area contributed by atoms with Gasteiger partial charge in [-0.2, -0.15) is 4.98 Å². The fourth-order valence-electron chi connectivity index (χ4n) is 2.67. The van der Waals surface area contributed by atoms with E-state index in [1.165, 1.54) is 18.4 Å². The molecule has 3 heterocycles. The van der Waals surface area contributed by atoms with Gasteiger partial charge in [0.05, 0.1) is 12.5 Å². The number of hydrogen-bond donors (Lipinski definition) is 1. The summed E-state index contributed by atoms with van der Waals surface area (Å²) in [7, 11) is 1.38. The van der Waals surface area contributed by atoms with Crippen LogP contribution in [0, 0.1) is 6.92 Å². The molecular weight excluding hydrogens is 324 g/mol. The van der Waals surface area contributed by atoms with E-state index >= 15 is 0 Å². The summed E-state index contributed by atoms with van der Waals surface area (Å²) in [6, 6.07) is 0. The van der Waals surface area contributed by atoms with Crippen molar-refractivity contribution in [3.63, 3.8) is 0 Å². The normalized spacial score (nSPS) is 15.9. The molecule has 1 fully saturated rings. The van der Waals surface area contributed by atoms with Crippen molar-refractivity contribution >= 4 is 44.9 Å². The van der Waals surface area contributed by atoms with Crippen LogP contribution in [-0.4, -0.2) is 49.2 Å². The van der Waals surface area contributed by atoms with Crippen LogP contribution in [0.3, 0.4) is 0 Å². The number of aromatic nitrogens is 2. The molecule has 2 aromatic heterocycles. The Morgan fingerprint density at radius 2 is 2.18 bits per heavy atom. The first kappa shape index (κ1) is 15.5. The van der Waals surface area contributed by atoms with Gasteiger partial charge in [0, 0.05) is 19.6 Å². The van der Waals surface area contributed by atoms with E-state index < -0.39 is 0 Å². The third-order valence-corrected chi connectivity index (χ3v) is 5.09. The number of nitrogens with one attached hydrogen (secondary N) is 1. The molecule has 0 amide bonds. The third kappa shape index (κ3) is 2.76. The second kappa shape index (κ2) is 6.36. The maximum Gasteiger partial charge on any atom is 0.348 e. The SMILES string of the molecule is COC(=O)c1sc2nc(Cl)nc(N3CCCNCC3)c2c1C. The Hall–Kier alpha value is -1.44. The first-order valence-electron chi connectivity index (χ1n) is 7.12. The van der Waals surface area contributed by atoms with Crippen LogP contribution in [0.25, 0.3) is 10.2 Å². The summed E-state index contributed by atoms with van der Waals surface area (Å²) in [4.78, 5) is 24.1. The molecule has 22 heavy (non-hydrogen) atoms. The zero-order chi connectivity index (χ0) is 15.7. The lowest BCUT2D eigenvalue weighted by Gasteiger charge is -2.22. The number of fused-ring (bicyclic) bond motifs is 1. The van der Waals surface area contributed by atoms with Gasteiger partial charge in [-0.15, -0.1) is 11.3 Å². The fourth-order valence-corrected chi connectivity index (χ4v) is 3.97. The zero-order valence-corrected chi connectivity index (χ0v) is 14.1. The van der Waals surface area contributed by atoms with Crippen molar-refractivity contribution in [3.05, 3.63) is 15.7 Å². The van der Waals surface area contributed by atoms with Gasteiger partial charge in [0.1, 0.15) is 15.5 Å². The summed E-state index contributed by atoms with van der Waals surface area (Å²) < 4.78 is 4.85. The topological polar surface area (TPSA) is 67.3 Å². The van der Waals surface area contributed by atoms with Gasteiger partial charge in [-0.05, 0) is 37.1 Å². The van der Waals surface area contributed by atoms with Gasteiger partial charge < -0.3 is 15.0 Å². The second-order valence-electron chi connectivity index (χ2n) is 5.13. The number of carbonyl (C=O) groups excluding carboxylic acids is 1. The predicted molar refractivity (Wildman–Crippen MR) is 88.2 cm³/mol. The summed E-state index contributed by atoms with van der Waals surface area (Å²) in [5.74, 6) is 0.461. The molecular formula is C14H17ClN4O2S. The average Bonchev–Trinajstić information content (AvgIpc) is 2.70. The van der Waals surface area contributed by atoms with Crippen LogP contribution < -0.4 is 10.2 Å². The Kier molecular flexibility index (Phi) is 4.46. The van der Waals surface area contributed by atoms with E-state index in [1.807, 2.05) is 6.92 Å². The number of methoxy groups -OCH3 is 1. The van der Waals surface area contributed by atoms with E-state index in [2.05, 4.69) is 20.2 Å². The molecule has 3 rings (SSSR count). The highest BCUT2D eigenvalue weighted by atomic mass is 35.5. The molecule has 0 aliphatic carbocycles. The highest BCUT2D eigenvalue weighted by Gasteiger charge is 2.23. The maximum atomic E-state index is 11.9. The summed E-state index contributed by atoms with van der Waals surface area (Å²) >= 11 is 7.39. The molecule has 0 aromatic carbocycles. The molecule has 1 saturated heterocycles. The van der Waals surface area contributed by atoms with Crippen molar-refractivity contribution in [2.45, 2.75) is 13.3 Å². The predicted octanol–water partition coefficient (Wildman–Crippen LogP) is 2.24. The quantitative estimate of drug-likeness (QED) is 0.668. The molecule has 2 aromatic rings. The van der Waals surface area contributed by atoms with E-state index in [9.17, 15) is 4.79 Å². The number of hydrogen-bond acceptors (Lipinski definition) is 7. The maximum absolute atomic E-state index is 11.9. The van der Waals surface area contributed by atoms with Crippen molar-refractivity contribution in [2.75, 3.05) is 38.2 Å². The molecule has 1 N–H and O–H groups in total. The molecule has 0 spiro atoms. The van der Waals surface area contributed by atoms with Gasteiger partial charge in [-0.25, -0.2) is 9.78 Å². The van der Waals surface area contributed by atoms with E-state index in [-0.39, 0.29) is 11.3 Å². The third-order valence-electron chi connectivity index (χ3n) is 3.75. The number of rotatable bonds is 2. The fraction of sp³-hybridized carbons (Fsp3) is 0.500. The molecule has 0 unspecified atom stereocenters. The molecule has 0 bridgehead atoms. The number of ether oxygens (including phenoxy) is 1. The van der Waals surface area contributed by atoms with Crippen LogP contribution in [0.5, 0.6) is 0 Å². The van der Waals surface area contributed by atoms with Crippen molar-refractivity contribution in [3.8, 4) is 0 Å². The molecule has 0 saturated carbocycles. The average molecular weight is 341 g/mol. The largest absolute Gasteiger partial charge is 0.465 e. The van der Waals surface area contributed by atoms with Crippen LogP contribution >= 0.6 is 22.9 Å². The van der Waals surface area contributed by atoms with Gasteiger partial charge in [0.15, 0.2) is 0 Å². The lowest BCUT2D eigenvalue weighted by Crippen LogP contribution is -2.29. The van der Waals surface area contributed by atoms with Crippen LogP contribution in [0.15, 0.2) is 0 Å². The number of nitrogens with zero attached hydrogens (tertiary/aromatic N) is 3. The number of aryl methyl sites for hydroxylation is 1. The van der Waals surface area contributed by atoms with Gasteiger partial charge in [0.2, 0.25) is 5.28 Å². The Labute approximate surface area is 137 Å². The number of esters is 1. The van der Waals surface area contributed by atoms with Crippen molar-refractivity contribution in [2.24, 2.45) is 0 Å². The Morgan fingerprint density at radius 1 is 1.36 bits per heavy atom. The number of anilines is 1. The summed E-state index contributed by atoms with van der Waals surface area (Å²) in [6.07, 6.45) is 1.04. The van der Waals surface area contributed by atoms with E-state index in [0.717, 1.165) is 54.2 Å². The molecule has 1 aliphatic heterocycles. The molecule has 1 aliphatic rings. The highest BCUT2D eigenvalue weighted by Crippen LogP contribution is 2.36. The van der Waals surface area contributed by atoms with Crippen LogP contribution in [-0.2, 0) is 4.74 Å². The zero-order valence-electron chi connectivity index (χ0n) is 12.5. The summed E-state index contributed by atoms with van der Waals surface area (Å²) in [5.41, 5.74) is 0.857. The minimum Gasteiger partial charge on any atom is -0.465 e. The Balaban J connectivity index is 2.16. The van der Waals surface area contributed by atoms with Gasteiger partial charge in [0.25, 0.3) is 0 Å².